The first-order valence-electron chi connectivity index (χ1n) is 9.81. The normalized spacial score (nSPS) is 12.6. The van der Waals surface area contributed by atoms with Crippen molar-refractivity contribution in [3.63, 3.8) is 0 Å². The molecule has 29 heavy (non-hydrogen) atoms. The molecule has 0 aliphatic carbocycles. The number of nitrogens with one attached hydrogen (secondary N) is 2. The van der Waals surface area contributed by atoms with E-state index < -0.39 is 0 Å². The maximum atomic E-state index is 8.73. The third-order valence-corrected chi connectivity index (χ3v) is 5.84. The molecule has 0 saturated heterocycles. The van der Waals surface area contributed by atoms with Crippen LogP contribution in [0.5, 0.6) is 0 Å². The molecule has 3 N–H and O–H groups in total. The molecule has 6 heteroatoms. The van der Waals surface area contributed by atoms with Crippen LogP contribution in [0.25, 0.3) is 54.5 Å². The SMILES string of the molecule is ON=CCCCn1c2ccccc2c2c3[nH][nH]cc3c3c4ccccc4nc3c21. The number of aryl methyl sites for hydroxylation is 1. The van der Waals surface area contributed by atoms with Crippen LogP contribution in [0.3, 0.4) is 0 Å². The van der Waals surface area contributed by atoms with E-state index in [4.69, 9.17) is 10.2 Å². The fourth-order valence-electron chi connectivity index (χ4n) is 4.68. The van der Waals surface area contributed by atoms with E-state index in [9.17, 15) is 0 Å². The molecular weight excluding hydrogens is 362 g/mol. The monoisotopic (exact) mass is 381 g/mol. The number of para-hydroxylation sites is 2. The highest BCUT2D eigenvalue weighted by Crippen LogP contribution is 2.42. The number of benzene rings is 3. The average molecular weight is 381 g/mol. The van der Waals surface area contributed by atoms with Crippen molar-refractivity contribution >= 4 is 60.7 Å². The van der Waals surface area contributed by atoms with Gasteiger partial charge in [0.1, 0.15) is 0 Å². The summed E-state index contributed by atoms with van der Waals surface area (Å²) < 4.78 is 2.37. The standard InChI is InChI=1S/C23H19N5O/c29-25-11-5-6-12-28-18-10-4-2-8-15(18)20-21-16(13-24-27-21)19-14-7-1-3-9-17(14)26-22(19)23(20)28/h1-4,7-11,13,24,27,29H,5-6,12H2. The van der Waals surface area contributed by atoms with E-state index in [0.717, 1.165) is 46.8 Å². The Labute approximate surface area is 165 Å². The number of H-pyrrole nitrogens is 2. The summed E-state index contributed by atoms with van der Waals surface area (Å²) in [6.45, 7) is 0.824. The number of hydrogen-bond donors (Lipinski definition) is 3. The summed E-state index contributed by atoms with van der Waals surface area (Å²) in [7, 11) is 0. The van der Waals surface area contributed by atoms with Gasteiger partial charge < -0.3 is 20.0 Å². The molecule has 142 valence electrons. The maximum Gasteiger partial charge on any atom is 0.0967 e. The molecular formula is C23H19N5O. The van der Waals surface area contributed by atoms with Gasteiger partial charge in [-0.3, -0.25) is 0 Å². The summed E-state index contributed by atoms with van der Waals surface area (Å²) in [4.78, 5) is 5.06. The maximum absolute atomic E-state index is 8.73. The number of aromatic nitrogens is 4. The number of hydrogen-bond acceptors (Lipinski definition) is 3. The molecule has 0 amide bonds. The molecule has 6 rings (SSSR count). The molecule has 0 fully saturated rings. The molecule has 3 aromatic carbocycles. The summed E-state index contributed by atoms with van der Waals surface area (Å²) in [5, 5.41) is 24.4. The van der Waals surface area contributed by atoms with E-state index in [1.165, 1.54) is 27.1 Å². The molecule has 0 spiro atoms. The lowest BCUT2D eigenvalue weighted by Crippen LogP contribution is -1.98. The highest BCUT2D eigenvalue weighted by Gasteiger charge is 2.21. The highest BCUT2D eigenvalue weighted by atomic mass is 16.4. The van der Waals surface area contributed by atoms with E-state index in [1.807, 2.05) is 12.3 Å². The molecule has 0 bridgehead atoms. The van der Waals surface area contributed by atoms with Crippen molar-refractivity contribution in [3.8, 4) is 0 Å². The summed E-state index contributed by atoms with van der Waals surface area (Å²) in [5.74, 6) is 0. The van der Waals surface area contributed by atoms with Gasteiger partial charge in [0, 0.05) is 51.4 Å². The van der Waals surface area contributed by atoms with Gasteiger partial charge in [-0.25, -0.2) is 4.98 Å². The first kappa shape index (κ1) is 16.2. The first-order valence-corrected chi connectivity index (χ1v) is 9.81. The Kier molecular flexibility index (Phi) is 3.41. The fourth-order valence-corrected chi connectivity index (χ4v) is 4.68. The molecule has 3 heterocycles. The van der Waals surface area contributed by atoms with Gasteiger partial charge in [0.25, 0.3) is 0 Å². The third kappa shape index (κ3) is 2.17. The first-order chi connectivity index (χ1) is 14.4. The lowest BCUT2D eigenvalue weighted by Gasteiger charge is -2.07. The minimum absolute atomic E-state index is 0.725. The van der Waals surface area contributed by atoms with Gasteiger partial charge in [-0.1, -0.05) is 36.4 Å². The minimum Gasteiger partial charge on any atom is -0.411 e. The van der Waals surface area contributed by atoms with Gasteiger partial charge >= 0.3 is 0 Å². The van der Waals surface area contributed by atoms with Crippen LogP contribution in [0.2, 0.25) is 0 Å². The van der Waals surface area contributed by atoms with Gasteiger partial charge in [-0.15, -0.1) is 5.16 Å². The Bertz CT molecular complexity index is 1550. The topological polar surface area (TPSA) is 82.0 Å². The van der Waals surface area contributed by atoms with E-state index in [-0.39, 0.29) is 0 Å². The smallest absolute Gasteiger partial charge is 0.0967 e. The second kappa shape index (κ2) is 6.10. The zero-order valence-electron chi connectivity index (χ0n) is 15.7. The van der Waals surface area contributed by atoms with Gasteiger partial charge in [-0.2, -0.15) is 0 Å². The van der Waals surface area contributed by atoms with Crippen LogP contribution in [0.4, 0.5) is 0 Å². The predicted octanol–water partition coefficient (Wildman–Crippen LogP) is 5.55. The van der Waals surface area contributed by atoms with Gasteiger partial charge in [-0.05, 0) is 25.0 Å². The summed E-state index contributed by atoms with van der Waals surface area (Å²) >= 11 is 0. The number of aromatic amines is 2. The van der Waals surface area contributed by atoms with E-state index in [2.05, 4.69) is 62.4 Å². The zero-order valence-corrected chi connectivity index (χ0v) is 15.7. The number of oxime groups is 1. The van der Waals surface area contributed by atoms with Crippen molar-refractivity contribution in [1.29, 1.82) is 0 Å². The molecule has 6 aromatic rings. The predicted molar refractivity (Wildman–Crippen MR) is 118 cm³/mol. The Morgan fingerprint density at radius 3 is 2.72 bits per heavy atom. The Balaban J connectivity index is 1.82. The van der Waals surface area contributed by atoms with Crippen molar-refractivity contribution in [2.75, 3.05) is 0 Å². The van der Waals surface area contributed by atoms with E-state index in [0.29, 0.717) is 0 Å². The molecule has 0 unspecified atom stereocenters. The third-order valence-electron chi connectivity index (χ3n) is 5.84. The quantitative estimate of drug-likeness (QED) is 0.162. The number of nitrogens with zero attached hydrogens (tertiary/aromatic N) is 3. The molecule has 0 aliphatic rings. The van der Waals surface area contributed by atoms with Crippen molar-refractivity contribution in [1.82, 2.24) is 19.7 Å². The van der Waals surface area contributed by atoms with Crippen molar-refractivity contribution in [2.24, 2.45) is 5.16 Å². The van der Waals surface area contributed by atoms with Crippen LogP contribution in [-0.4, -0.2) is 31.2 Å². The Morgan fingerprint density at radius 2 is 1.83 bits per heavy atom. The van der Waals surface area contributed by atoms with Crippen LogP contribution in [0, 0.1) is 0 Å². The summed E-state index contributed by atoms with van der Waals surface area (Å²) in [5.41, 5.74) is 5.51. The second-order valence-electron chi connectivity index (χ2n) is 7.39. The molecule has 0 atom stereocenters. The summed E-state index contributed by atoms with van der Waals surface area (Å²) in [6.07, 6.45) is 5.20. The van der Waals surface area contributed by atoms with E-state index in [1.54, 1.807) is 6.21 Å². The van der Waals surface area contributed by atoms with Crippen LogP contribution >= 0.6 is 0 Å². The fraction of sp³-hybridized carbons (Fsp3) is 0.130. The lowest BCUT2D eigenvalue weighted by molar-refractivity contribution is 0.320. The molecule has 0 radical (unpaired) electrons. The second-order valence-corrected chi connectivity index (χ2v) is 7.39. The molecule has 0 aliphatic heterocycles. The van der Waals surface area contributed by atoms with Gasteiger partial charge in [0.15, 0.2) is 0 Å². The zero-order chi connectivity index (χ0) is 19.4. The van der Waals surface area contributed by atoms with Crippen LogP contribution < -0.4 is 0 Å². The van der Waals surface area contributed by atoms with Crippen molar-refractivity contribution in [3.05, 3.63) is 54.7 Å². The number of unbranched alkanes of at least 4 members (excludes halogenated alkanes) is 1. The van der Waals surface area contributed by atoms with Gasteiger partial charge in [0.05, 0.1) is 22.1 Å². The molecule has 0 saturated carbocycles. The van der Waals surface area contributed by atoms with Crippen LogP contribution in [-0.2, 0) is 6.54 Å². The van der Waals surface area contributed by atoms with Crippen molar-refractivity contribution in [2.45, 2.75) is 19.4 Å². The number of fused-ring (bicyclic) bond motifs is 10. The van der Waals surface area contributed by atoms with E-state index >= 15 is 0 Å². The minimum atomic E-state index is 0.725. The lowest BCUT2D eigenvalue weighted by atomic mass is 10.0. The van der Waals surface area contributed by atoms with Crippen molar-refractivity contribution < 1.29 is 5.21 Å². The Morgan fingerprint density at radius 1 is 1.00 bits per heavy atom. The number of rotatable bonds is 4. The molecule has 3 aromatic heterocycles. The van der Waals surface area contributed by atoms with Gasteiger partial charge in [0.2, 0.25) is 0 Å². The Hall–Kier alpha value is -3.80. The summed E-state index contributed by atoms with van der Waals surface area (Å²) in [6, 6.07) is 16.8. The largest absolute Gasteiger partial charge is 0.411 e. The van der Waals surface area contributed by atoms with Crippen LogP contribution in [0.1, 0.15) is 12.8 Å². The molecule has 6 nitrogen and oxygen atoms in total. The average Bonchev–Trinajstić information content (AvgIpc) is 3.44. The highest BCUT2D eigenvalue weighted by molar-refractivity contribution is 6.34. The van der Waals surface area contributed by atoms with Crippen LogP contribution in [0.15, 0.2) is 59.9 Å².